The summed E-state index contributed by atoms with van der Waals surface area (Å²) >= 11 is 0. The van der Waals surface area contributed by atoms with Gasteiger partial charge in [-0.3, -0.25) is 14.8 Å². The van der Waals surface area contributed by atoms with Gasteiger partial charge in [-0.2, -0.15) is 10.4 Å². The summed E-state index contributed by atoms with van der Waals surface area (Å²) in [6.45, 7) is 1.77. The minimum Gasteiger partial charge on any atom is -0.462 e. The molecule has 2 aromatic rings. The summed E-state index contributed by atoms with van der Waals surface area (Å²) in [5.41, 5.74) is -0.551. The molecule has 1 aromatic carbocycles. The number of carbonyl (C=O) groups excluding carboxylic acids is 2. The molecular weight excluding hydrogens is 356 g/mol. The van der Waals surface area contributed by atoms with Gasteiger partial charge in [0.15, 0.2) is 0 Å². The number of esters is 2. The fourth-order valence-corrected chi connectivity index (χ4v) is 2.05. The van der Waals surface area contributed by atoms with Gasteiger partial charge in [-0.15, -0.1) is 0 Å². The third-order valence-electron chi connectivity index (χ3n) is 3.22. The zero-order chi connectivity index (χ0) is 20.0. The molecule has 0 fully saturated rings. The van der Waals surface area contributed by atoms with E-state index in [1.165, 1.54) is 37.4 Å². The second-order valence-corrected chi connectivity index (χ2v) is 5.14. The van der Waals surface area contributed by atoms with Gasteiger partial charge in [0.05, 0.1) is 11.5 Å². The van der Waals surface area contributed by atoms with Crippen molar-refractivity contribution in [3.05, 3.63) is 57.4 Å². The standard InChI is InChI=1S/C17H14N4O6/c1-3-26-16(22)12(9-18)8-11-4-6-13(7-5-11)27-17(23)15-14(21(24)25)10-20(2)19-15/h4-8,10H,3H2,1-2H3/b12-8-. The normalized spacial score (nSPS) is 10.8. The Morgan fingerprint density at radius 2 is 2.04 bits per heavy atom. The van der Waals surface area contributed by atoms with Crippen LogP contribution < -0.4 is 4.74 Å². The van der Waals surface area contributed by atoms with Crippen molar-refractivity contribution in [1.29, 1.82) is 5.26 Å². The molecule has 0 unspecified atom stereocenters. The molecule has 1 heterocycles. The molecule has 0 radical (unpaired) electrons. The van der Waals surface area contributed by atoms with Crippen molar-refractivity contribution in [1.82, 2.24) is 9.78 Å². The lowest BCUT2D eigenvalue weighted by molar-refractivity contribution is -0.385. The fourth-order valence-electron chi connectivity index (χ4n) is 2.05. The molecule has 1 aromatic heterocycles. The predicted octanol–water partition coefficient (Wildman–Crippen LogP) is 2.02. The van der Waals surface area contributed by atoms with Crippen molar-refractivity contribution in [2.45, 2.75) is 6.92 Å². The SMILES string of the molecule is CCOC(=O)/C(C#N)=C\c1ccc(OC(=O)c2nn(C)cc2[N+](=O)[O-])cc1. The lowest BCUT2D eigenvalue weighted by atomic mass is 10.1. The summed E-state index contributed by atoms with van der Waals surface area (Å²) < 4.78 is 11.0. The maximum Gasteiger partial charge on any atom is 0.371 e. The number of nitrogens with zero attached hydrogens (tertiary/aromatic N) is 4. The Balaban J connectivity index is 2.16. The highest BCUT2D eigenvalue weighted by Crippen LogP contribution is 2.20. The lowest BCUT2D eigenvalue weighted by Crippen LogP contribution is -2.11. The number of nitriles is 1. The molecule has 0 amide bonds. The van der Waals surface area contributed by atoms with Crippen LogP contribution in [0.1, 0.15) is 23.0 Å². The number of benzene rings is 1. The second kappa shape index (κ2) is 8.39. The Hall–Kier alpha value is -4.00. The van der Waals surface area contributed by atoms with Crippen molar-refractivity contribution in [2.24, 2.45) is 7.05 Å². The lowest BCUT2D eigenvalue weighted by Gasteiger charge is -2.03. The summed E-state index contributed by atoms with van der Waals surface area (Å²) in [7, 11) is 1.45. The van der Waals surface area contributed by atoms with E-state index in [1.54, 1.807) is 13.0 Å². The molecule has 0 aliphatic carbocycles. The van der Waals surface area contributed by atoms with Gasteiger partial charge < -0.3 is 9.47 Å². The smallest absolute Gasteiger partial charge is 0.371 e. The minimum absolute atomic E-state index is 0.117. The van der Waals surface area contributed by atoms with Crippen molar-refractivity contribution >= 4 is 23.7 Å². The minimum atomic E-state index is -0.977. The number of aryl methyl sites for hydroxylation is 1. The number of hydrogen-bond donors (Lipinski definition) is 0. The summed E-state index contributed by atoms with van der Waals surface area (Å²) in [4.78, 5) is 33.9. The van der Waals surface area contributed by atoms with Gasteiger partial charge in [-0.05, 0) is 30.7 Å². The van der Waals surface area contributed by atoms with Crippen LogP contribution in [0.25, 0.3) is 6.08 Å². The van der Waals surface area contributed by atoms with Crippen LogP contribution in [0.3, 0.4) is 0 Å². The van der Waals surface area contributed by atoms with Crippen LogP contribution in [0.4, 0.5) is 5.69 Å². The average Bonchev–Trinajstić information content (AvgIpc) is 3.03. The Morgan fingerprint density at radius 3 is 2.59 bits per heavy atom. The summed E-state index contributed by atoms with van der Waals surface area (Å²) in [6.07, 6.45) is 2.43. The zero-order valence-corrected chi connectivity index (χ0v) is 14.4. The van der Waals surface area contributed by atoms with E-state index in [-0.39, 0.29) is 17.9 Å². The molecule has 0 atom stereocenters. The molecule has 0 saturated heterocycles. The Bertz CT molecular complexity index is 953. The topological polar surface area (TPSA) is 137 Å². The largest absolute Gasteiger partial charge is 0.462 e. The molecular formula is C17H14N4O6. The number of ether oxygens (including phenoxy) is 2. The molecule has 0 saturated carbocycles. The van der Waals surface area contributed by atoms with Crippen molar-refractivity contribution in [3.8, 4) is 11.8 Å². The Morgan fingerprint density at radius 1 is 1.37 bits per heavy atom. The highest BCUT2D eigenvalue weighted by molar-refractivity contribution is 5.98. The Labute approximate surface area is 153 Å². The monoisotopic (exact) mass is 370 g/mol. The number of rotatable bonds is 6. The second-order valence-electron chi connectivity index (χ2n) is 5.14. The van der Waals surface area contributed by atoms with Crippen LogP contribution in [-0.2, 0) is 16.6 Å². The van der Waals surface area contributed by atoms with Crippen LogP contribution in [0.2, 0.25) is 0 Å². The van der Waals surface area contributed by atoms with E-state index < -0.39 is 28.2 Å². The molecule has 27 heavy (non-hydrogen) atoms. The zero-order valence-electron chi connectivity index (χ0n) is 14.4. The molecule has 2 rings (SSSR count). The summed E-state index contributed by atoms with van der Waals surface area (Å²) in [5.74, 6) is -1.60. The van der Waals surface area contributed by atoms with Gasteiger partial charge in [-0.1, -0.05) is 12.1 Å². The molecule has 138 valence electrons. The van der Waals surface area contributed by atoms with Crippen LogP contribution >= 0.6 is 0 Å². The van der Waals surface area contributed by atoms with Gasteiger partial charge >= 0.3 is 17.6 Å². The average molecular weight is 370 g/mol. The summed E-state index contributed by atoms with van der Waals surface area (Å²) in [5, 5.41) is 23.7. The van der Waals surface area contributed by atoms with E-state index in [9.17, 15) is 19.7 Å². The number of aromatic nitrogens is 2. The first-order valence-electron chi connectivity index (χ1n) is 7.65. The van der Waals surface area contributed by atoms with Gasteiger partial charge in [-0.25, -0.2) is 9.59 Å². The molecule has 0 bridgehead atoms. The van der Waals surface area contributed by atoms with Crippen molar-refractivity contribution < 1.29 is 24.0 Å². The van der Waals surface area contributed by atoms with Crippen molar-refractivity contribution in [3.63, 3.8) is 0 Å². The summed E-state index contributed by atoms with van der Waals surface area (Å²) in [6, 6.07) is 7.59. The molecule has 0 aliphatic rings. The highest BCUT2D eigenvalue weighted by Gasteiger charge is 2.26. The van der Waals surface area contributed by atoms with E-state index in [4.69, 9.17) is 14.7 Å². The first-order valence-corrected chi connectivity index (χ1v) is 7.65. The van der Waals surface area contributed by atoms with E-state index in [0.29, 0.717) is 5.56 Å². The molecule has 0 N–H and O–H groups in total. The maximum atomic E-state index is 12.1. The van der Waals surface area contributed by atoms with E-state index in [2.05, 4.69) is 5.10 Å². The van der Waals surface area contributed by atoms with E-state index >= 15 is 0 Å². The van der Waals surface area contributed by atoms with Crippen LogP contribution in [0.5, 0.6) is 5.75 Å². The predicted molar refractivity (Wildman–Crippen MR) is 91.5 cm³/mol. The maximum absolute atomic E-state index is 12.1. The van der Waals surface area contributed by atoms with Crippen molar-refractivity contribution in [2.75, 3.05) is 6.61 Å². The number of carbonyl (C=O) groups is 2. The first kappa shape index (κ1) is 19.3. The fraction of sp³-hybridized carbons (Fsp3) is 0.176. The van der Waals surface area contributed by atoms with Gasteiger partial charge in [0.2, 0.25) is 5.69 Å². The number of nitro groups is 1. The quantitative estimate of drug-likeness (QED) is 0.188. The van der Waals surface area contributed by atoms with Crippen LogP contribution in [0.15, 0.2) is 36.0 Å². The Kier molecular flexibility index (Phi) is 6.01. The molecule has 0 spiro atoms. The third-order valence-corrected chi connectivity index (χ3v) is 3.22. The highest BCUT2D eigenvalue weighted by atomic mass is 16.6. The van der Waals surface area contributed by atoms with Crippen LogP contribution in [-0.4, -0.2) is 33.2 Å². The van der Waals surface area contributed by atoms with Gasteiger partial charge in [0, 0.05) is 7.05 Å². The number of hydrogen-bond acceptors (Lipinski definition) is 8. The van der Waals surface area contributed by atoms with Gasteiger partial charge in [0.25, 0.3) is 0 Å². The van der Waals surface area contributed by atoms with Crippen LogP contribution in [0, 0.1) is 21.4 Å². The van der Waals surface area contributed by atoms with Gasteiger partial charge in [0.1, 0.15) is 23.6 Å². The molecule has 10 heteroatoms. The molecule has 10 nitrogen and oxygen atoms in total. The first-order chi connectivity index (χ1) is 12.8. The van der Waals surface area contributed by atoms with E-state index in [0.717, 1.165) is 10.9 Å². The van der Waals surface area contributed by atoms with E-state index in [1.807, 2.05) is 0 Å². The molecule has 0 aliphatic heterocycles. The third kappa shape index (κ3) is 4.76.